The van der Waals surface area contributed by atoms with Crippen LogP contribution in [0.1, 0.15) is 22.3 Å². The van der Waals surface area contributed by atoms with E-state index in [0.29, 0.717) is 5.56 Å². The molecule has 0 aliphatic heterocycles. The molecule has 3 N–H and O–H groups in total. The van der Waals surface area contributed by atoms with E-state index in [1.165, 1.54) is 6.07 Å². The van der Waals surface area contributed by atoms with E-state index < -0.39 is 17.5 Å². The minimum atomic E-state index is -1.15. The minimum absolute atomic E-state index is 0.00816. The smallest absolute Gasteiger partial charge is 0.336 e. The van der Waals surface area contributed by atoms with Gasteiger partial charge in [-0.25, -0.2) is 9.78 Å². The summed E-state index contributed by atoms with van der Waals surface area (Å²) in [5.41, 5.74) is 0.760. The minimum Gasteiger partial charge on any atom is -0.481 e. The topological polar surface area (TPSA) is 120 Å². The fourth-order valence-electron chi connectivity index (χ4n) is 2.79. The Balaban J connectivity index is 2.26. The number of rotatable bonds is 6. The van der Waals surface area contributed by atoms with Gasteiger partial charge in [0.25, 0.3) is 5.56 Å². The molecule has 0 saturated heterocycles. The molecule has 0 unspecified atom stereocenters. The first-order valence-corrected chi connectivity index (χ1v) is 8.20. The second-order valence-electron chi connectivity index (χ2n) is 5.85. The third-order valence-electron chi connectivity index (χ3n) is 4.06. The molecule has 0 fully saturated rings. The van der Waals surface area contributed by atoms with Crippen LogP contribution >= 0.6 is 0 Å². The molecule has 3 rings (SSSR count). The van der Waals surface area contributed by atoms with Crippen LogP contribution in [0.15, 0.2) is 59.4 Å². The SMILES string of the molecule is O=C(O)CCc1c(-c2ccccc2C(=O)O)nc(-c2ccccc2)[nH]c1=O. The average molecular weight is 364 g/mol. The summed E-state index contributed by atoms with van der Waals surface area (Å²) in [6.07, 6.45) is -0.326. The van der Waals surface area contributed by atoms with Gasteiger partial charge in [-0.05, 0) is 12.5 Å². The number of carbonyl (C=O) groups is 2. The molecule has 0 amide bonds. The van der Waals surface area contributed by atoms with E-state index in [-0.39, 0.29) is 41.1 Å². The lowest BCUT2D eigenvalue weighted by molar-refractivity contribution is -0.136. The van der Waals surface area contributed by atoms with E-state index in [1.807, 2.05) is 6.07 Å². The Morgan fingerprint density at radius 1 is 0.963 bits per heavy atom. The fourth-order valence-corrected chi connectivity index (χ4v) is 2.79. The number of benzene rings is 2. The molecule has 7 nitrogen and oxygen atoms in total. The first-order chi connectivity index (χ1) is 13.0. The molecule has 0 spiro atoms. The molecular weight excluding hydrogens is 348 g/mol. The Morgan fingerprint density at radius 2 is 1.63 bits per heavy atom. The van der Waals surface area contributed by atoms with Crippen molar-refractivity contribution in [1.82, 2.24) is 9.97 Å². The lowest BCUT2D eigenvalue weighted by Gasteiger charge is -2.12. The molecule has 1 heterocycles. The van der Waals surface area contributed by atoms with Crippen LogP contribution in [-0.2, 0) is 11.2 Å². The summed E-state index contributed by atoms with van der Waals surface area (Å²) in [6.45, 7) is 0. The van der Waals surface area contributed by atoms with Gasteiger partial charge in [0.15, 0.2) is 0 Å². The number of aliphatic carboxylic acids is 1. The van der Waals surface area contributed by atoms with Gasteiger partial charge in [0.2, 0.25) is 0 Å². The Kier molecular flexibility index (Phi) is 5.12. The molecular formula is C20H16N2O5. The van der Waals surface area contributed by atoms with Crippen molar-refractivity contribution in [3.05, 3.63) is 76.1 Å². The van der Waals surface area contributed by atoms with E-state index in [2.05, 4.69) is 9.97 Å². The number of hydrogen-bond donors (Lipinski definition) is 3. The maximum atomic E-state index is 12.7. The van der Waals surface area contributed by atoms with Crippen LogP contribution in [-0.4, -0.2) is 32.1 Å². The number of hydrogen-bond acceptors (Lipinski definition) is 4. The second kappa shape index (κ2) is 7.65. The summed E-state index contributed by atoms with van der Waals surface area (Å²) >= 11 is 0. The number of aromatic nitrogens is 2. The molecule has 0 aliphatic rings. The molecule has 0 radical (unpaired) electrons. The van der Waals surface area contributed by atoms with Crippen LogP contribution in [0, 0.1) is 0 Å². The molecule has 27 heavy (non-hydrogen) atoms. The van der Waals surface area contributed by atoms with Gasteiger partial charge in [-0.2, -0.15) is 0 Å². The van der Waals surface area contributed by atoms with Gasteiger partial charge < -0.3 is 15.2 Å². The number of nitrogens with zero attached hydrogens (tertiary/aromatic N) is 1. The predicted octanol–water partition coefficient (Wildman–Crippen LogP) is 2.82. The summed E-state index contributed by atoms with van der Waals surface area (Å²) in [4.78, 5) is 42.4. The van der Waals surface area contributed by atoms with Crippen molar-refractivity contribution >= 4 is 11.9 Å². The quantitative estimate of drug-likeness (QED) is 0.618. The van der Waals surface area contributed by atoms with Crippen molar-refractivity contribution in [2.75, 3.05) is 0 Å². The third kappa shape index (κ3) is 3.92. The molecule has 0 atom stereocenters. The predicted molar refractivity (Wildman–Crippen MR) is 98.6 cm³/mol. The zero-order chi connectivity index (χ0) is 19.4. The van der Waals surface area contributed by atoms with Gasteiger partial charge in [-0.3, -0.25) is 9.59 Å². The van der Waals surface area contributed by atoms with Crippen molar-refractivity contribution in [1.29, 1.82) is 0 Å². The lowest BCUT2D eigenvalue weighted by Crippen LogP contribution is -2.19. The normalized spacial score (nSPS) is 10.5. The van der Waals surface area contributed by atoms with E-state index in [4.69, 9.17) is 5.11 Å². The number of H-pyrrole nitrogens is 1. The molecule has 3 aromatic rings. The van der Waals surface area contributed by atoms with Crippen molar-refractivity contribution in [3.8, 4) is 22.6 Å². The van der Waals surface area contributed by atoms with Crippen LogP contribution in [0.2, 0.25) is 0 Å². The third-order valence-corrected chi connectivity index (χ3v) is 4.06. The van der Waals surface area contributed by atoms with Gasteiger partial charge in [0, 0.05) is 23.1 Å². The highest BCUT2D eigenvalue weighted by Gasteiger charge is 2.20. The summed E-state index contributed by atoms with van der Waals surface area (Å²) in [5, 5.41) is 18.5. The molecule has 0 bridgehead atoms. The molecule has 0 aliphatic carbocycles. The van der Waals surface area contributed by atoms with Gasteiger partial charge in [0.05, 0.1) is 11.3 Å². The van der Waals surface area contributed by atoms with Crippen molar-refractivity contribution < 1.29 is 19.8 Å². The van der Waals surface area contributed by atoms with Gasteiger partial charge in [0.1, 0.15) is 5.82 Å². The van der Waals surface area contributed by atoms with Gasteiger partial charge in [-0.15, -0.1) is 0 Å². The van der Waals surface area contributed by atoms with E-state index in [0.717, 1.165) is 0 Å². The van der Waals surface area contributed by atoms with Crippen molar-refractivity contribution in [2.24, 2.45) is 0 Å². The Bertz CT molecular complexity index is 1060. The van der Waals surface area contributed by atoms with E-state index in [1.54, 1.807) is 42.5 Å². The molecule has 136 valence electrons. The maximum absolute atomic E-state index is 12.7. The van der Waals surface area contributed by atoms with E-state index >= 15 is 0 Å². The number of nitrogens with one attached hydrogen (secondary N) is 1. The summed E-state index contributed by atoms with van der Waals surface area (Å²) in [7, 11) is 0. The molecule has 7 heteroatoms. The largest absolute Gasteiger partial charge is 0.481 e. The Morgan fingerprint density at radius 3 is 2.30 bits per heavy atom. The summed E-state index contributed by atoms with van der Waals surface area (Å²) < 4.78 is 0. The van der Waals surface area contributed by atoms with Crippen LogP contribution in [0.4, 0.5) is 0 Å². The molecule has 1 aromatic heterocycles. The number of aromatic amines is 1. The average Bonchev–Trinajstić information content (AvgIpc) is 2.67. The van der Waals surface area contributed by atoms with Gasteiger partial charge in [-0.1, -0.05) is 48.5 Å². The van der Waals surface area contributed by atoms with Crippen LogP contribution < -0.4 is 5.56 Å². The highest BCUT2D eigenvalue weighted by molar-refractivity contribution is 5.96. The van der Waals surface area contributed by atoms with Crippen molar-refractivity contribution in [3.63, 3.8) is 0 Å². The first kappa shape index (κ1) is 18.1. The summed E-state index contributed by atoms with van der Waals surface area (Å²) in [5.74, 6) is -1.92. The number of carboxylic acid groups (broad SMARTS) is 2. The van der Waals surface area contributed by atoms with Crippen molar-refractivity contribution in [2.45, 2.75) is 12.8 Å². The van der Waals surface area contributed by atoms with Crippen LogP contribution in [0.5, 0.6) is 0 Å². The highest BCUT2D eigenvalue weighted by Crippen LogP contribution is 2.26. The lowest BCUT2D eigenvalue weighted by atomic mass is 9.98. The maximum Gasteiger partial charge on any atom is 0.336 e. The first-order valence-electron chi connectivity index (χ1n) is 8.20. The Labute approximate surface area is 154 Å². The number of carboxylic acids is 2. The summed E-state index contributed by atoms with van der Waals surface area (Å²) in [6, 6.07) is 15.1. The molecule has 2 aromatic carbocycles. The van der Waals surface area contributed by atoms with Crippen LogP contribution in [0.25, 0.3) is 22.6 Å². The second-order valence-corrected chi connectivity index (χ2v) is 5.85. The van der Waals surface area contributed by atoms with E-state index in [9.17, 15) is 19.5 Å². The van der Waals surface area contributed by atoms with Crippen LogP contribution in [0.3, 0.4) is 0 Å². The van der Waals surface area contributed by atoms with Gasteiger partial charge >= 0.3 is 11.9 Å². The standard InChI is InChI=1S/C20H16N2O5/c23-16(24)11-10-15-17(13-8-4-5-9-14(13)20(26)27)21-18(22-19(15)25)12-6-2-1-3-7-12/h1-9H,10-11H2,(H,23,24)(H,26,27)(H,21,22,25). The zero-order valence-electron chi connectivity index (χ0n) is 14.2. The highest BCUT2D eigenvalue weighted by atomic mass is 16.4. The zero-order valence-corrected chi connectivity index (χ0v) is 14.2. The molecule has 0 saturated carbocycles. The number of aromatic carboxylic acids is 1. The Hall–Kier alpha value is -3.74. The monoisotopic (exact) mass is 364 g/mol. The fraction of sp³-hybridized carbons (Fsp3) is 0.100.